The second kappa shape index (κ2) is 3.17. The van der Waals surface area contributed by atoms with E-state index in [0.29, 0.717) is 13.2 Å². The molecule has 0 unspecified atom stereocenters. The number of hydrogen-bond acceptors (Lipinski definition) is 3. The number of rotatable bonds is 1. The van der Waals surface area contributed by atoms with Crippen molar-refractivity contribution in [1.82, 2.24) is 0 Å². The first kappa shape index (κ1) is 8.23. The lowest BCUT2D eigenvalue weighted by atomic mass is 10.2. The van der Waals surface area contributed by atoms with Crippen molar-refractivity contribution in [3.8, 4) is 17.2 Å². The van der Waals surface area contributed by atoms with Crippen molar-refractivity contribution in [3.05, 3.63) is 17.7 Å². The topological polar surface area (TPSA) is 27.7 Å². The van der Waals surface area contributed by atoms with Gasteiger partial charge in [-0.25, -0.2) is 0 Å². The molecule has 0 N–H and O–H groups in total. The summed E-state index contributed by atoms with van der Waals surface area (Å²) in [7, 11) is 1.64. The monoisotopic (exact) mass is 180 g/mol. The van der Waals surface area contributed by atoms with Gasteiger partial charge in [0.15, 0.2) is 11.5 Å². The minimum atomic E-state index is 0.590. The largest absolute Gasteiger partial charge is 0.492 e. The number of benzene rings is 1. The average Bonchev–Trinajstić information content (AvgIpc) is 2.18. The van der Waals surface area contributed by atoms with Crippen molar-refractivity contribution in [2.75, 3.05) is 20.3 Å². The highest BCUT2D eigenvalue weighted by Gasteiger charge is 2.17. The van der Waals surface area contributed by atoms with Gasteiger partial charge in [-0.3, -0.25) is 0 Å². The summed E-state index contributed by atoms with van der Waals surface area (Å²) in [5.74, 6) is 2.28. The van der Waals surface area contributed by atoms with Crippen LogP contribution in [0.5, 0.6) is 17.2 Å². The quantitative estimate of drug-likeness (QED) is 0.659. The van der Waals surface area contributed by atoms with E-state index in [1.165, 1.54) is 0 Å². The number of ether oxygens (including phenoxy) is 3. The van der Waals surface area contributed by atoms with Crippen LogP contribution in [0, 0.1) is 6.92 Å². The highest BCUT2D eigenvalue weighted by atomic mass is 16.6. The maximum atomic E-state index is 5.48. The van der Waals surface area contributed by atoms with Gasteiger partial charge in [0.2, 0.25) is 5.75 Å². The van der Waals surface area contributed by atoms with E-state index in [2.05, 4.69) is 0 Å². The van der Waals surface area contributed by atoms with E-state index < -0.39 is 0 Å². The maximum Gasteiger partial charge on any atom is 0.203 e. The smallest absolute Gasteiger partial charge is 0.203 e. The van der Waals surface area contributed by atoms with Crippen LogP contribution >= 0.6 is 0 Å². The van der Waals surface area contributed by atoms with Crippen molar-refractivity contribution in [2.24, 2.45) is 0 Å². The molecule has 1 aliphatic heterocycles. The van der Waals surface area contributed by atoms with E-state index >= 15 is 0 Å². The lowest BCUT2D eigenvalue weighted by molar-refractivity contribution is 0.165. The molecule has 0 aromatic heterocycles. The van der Waals surface area contributed by atoms with E-state index in [4.69, 9.17) is 14.2 Å². The van der Waals surface area contributed by atoms with Gasteiger partial charge in [-0.15, -0.1) is 0 Å². The van der Waals surface area contributed by atoms with Crippen LogP contribution in [0.4, 0.5) is 0 Å². The summed E-state index contributed by atoms with van der Waals surface area (Å²) >= 11 is 0. The first-order valence-corrected chi connectivity index (χ1v) is 4.26. The normalized spacial score (nSPS) is 14.0. The Balaban J connectivity index is 2.52. The zero-order valence-electron chi connectivity index (χ0n) is 7.79. The third-order valence-corrected chi connectivity index (χ3v) is 2.06. The molecule has 13 heavy (non-hydrogen) atoms. The van der Waals surface area contributed by atoms with Crippen molar-refractivity contribution in [3.63, 3.8) is 0 Å². The first-order chi connectivity index (χ1) is 6.33. The van der Waals surface area contributed by atoms with Crippen LogP contribution < -0.4 is 14.2 Å². The molecular weight excluding hydrogens is 168 g/mol. The van der Waals surface area contributed by atoms with Crippen LogP contribution in [0.25, 0.3) is 0 Å². The Morgan fingerprint density at radius 1 is 1.23 bits per heavy atom. The molecule has 0 atom stereocenters. The Morgan fingerprint density at radius 2 is 2.00 bits per heavy atom. The molecule has 1 aliphatic rings. The lowest BCUT2D eigenvalue weighted by Crippen LogP contribution is -2.16. The van der Waals surface area contributed by atoms with E-state index in [9.17, 15) is 0 Å². The van der Waals surface area contributed by atoms with Crippen LogP contribution in [0.3, 0.4) is 0 Å². The van der Waals surface area contributed by atoms with Gasteiger partial charge in [0.05, 0.1) is 7.11 Å². The fraction of sp³-hybridized carbons (Fsp3) is 0.400. The standard InChI is InChI=1S/C10H12O3/c1-7-3-4-8-10(9(7)11-2)13-6-5-12-8/h3-4H,5-6H2,1-2H3. The molecule has 70 valence electrons. The lowest BCUT2D eigenvalue weighted by Gasteiger charge is -2.21. The summed E-state index contributed by atoms with van der Waals surface area (Å²) in [6.45, 7) is 3.18. The van der Waals surface area contributed by atoms with Crippen LogP contribution in [0.1, 0.15) is 5.56 Å². The Bertz CT molecular complexity index is 320. The molecule has 0 fully saturated rings. The minimum absolute atomic E-state index is 0.590. The van der Waals surface area contributed by atoms with Crippen LogP contribution in [-0.4, -0.2) is 20.3 Å². The Kier molecular flexibility index (Phi) is 2.00. The predicted octanol–water partition coefficient (Wildman–Crippen LogP) is 1.77. The molecule has 0 aliphatic carbocycles. The summed E-state index contributed by atoms with van der Waals surface area (Å²) in [6.07, 6.45) is 0. The van der Waals surface area contributed by atoms with Crippen LogP contribution in [0.2, 0.25) is 0 Å². The molecule has 0 amide bonds. The summed E-state index contributed by atoms with van der Waals surface area (Å²) in [5.41, 5.74) is 1.06. The predicted molar refractivity (Wildman–Crippen MR) is 48.7 cm³/mol. The van der Waals surface area contributed by atoms with Gasteiger partial charge in [-0.2, -0.15) is 0 Å². The molecule has 1 aromatic rings. The molecule has 3 heteroatoms. The summed E-state index contributed by atoms with van der Waals surface area (Å²) in [4.78, 5) is 0. The first-order valence-electron chi connectivity index (χ1n) is 4.26. The zero-order chi connectivity index (χ0) is 9.26. The van der Waals surface area contributed by atoms with Gasteiger partial charge >= 0.3 is 0 Å². The van der Waals surface area contributed by atoms with Crippen molar-refractivity contribution in [1.29, 1.82) is 0 Å². The van der Waals surface area contributed by atoms with E-state index in [1.807, 2.05) is 19.1 Å². The number of fused-ring (bicyclic) bond motifs is 1. The van der Waals surface area contributed by atoms with E-state index in [1.54, 1.807) is 7.11 Å². The zero-order valence-corrected chi connectivity index (χ0v) is 7.79. The van der Waals surface area contributed by atoms with Crippen LogP contribution in [0.15, 0.2) is 12.1 Å². The van der Waals surface area contributed by atoms with Crippen molar-refractivity contribution in [2.45, 2.75) is 6.92 Å². The minimum Gasteiger partial charge on any atom is -0.492 e. The molecule has 0 spiro atoms. The molecule has 0 bridgehead atoms. The Hall–Kier alpha value is -1.38. The highest BCUT2D eigenvalue weighted by molar-refractivity contribution is 5.55. The van der Waals surface area contributed by atoms with Crippen LogP contribution in [-0.2, 0) is 0 Å². The van der Waals surface area contributed by atoms with Gasteiger partial charge in [-0.05, 0) is 18.6 Å². The second-order valence-corrected chi connectivity index (χ2v) is 2.94. The number of hydrogen-bond donors (Lipinski definition) is 0. The average molecular weight is 180 g/mol. The Morgan fingerprint density at radius 3 is 2.77 bits per heavy atom. The molecule has 2 rings (SSSR count). The van der Waals surface area contributed by atoms with Gasteiger partial charge in [-0.1, -0.05) is 6.07 Å². The highest BCUT2D eigenvalue weighted by Crippen LogP contribution is 2.41. The van der Waals surface area contributed by atoms with Gasteiger partial charge in [0.1, 0.15) is 13.2 Å². The number of methoxy groups -OCH3 is 1. The van der Waals surface area contributed by atoms with Crippen molar-refractivity contribution >= 4 is 0 Å². The van der Waals surface area contributed by atoms with E-state index in [0.717, 1.165) is 22.8 Å². The van der Waals surface area contributed by atoms with Gasteiger partial charge in [0, 0.05) is 0 Å². The fourth-order valence-corrected chi connectivity index (χ4v) is 1.44. The third kappa shape index (κ3) is 1.30. The van der Waals surface area contributed by atoms with E-state index in [-0.39, 0.29) is 0 Å². The van der Waals surface area contributed by atoms with Gasteiger partial charge < -0.3 is 14.2 Å². The molecule has 1 heterocycles. The number of aryl methyl sites for hydroxylation is 1. The molecule has 0 saturated carbocycles. The summed E-state index contributed by atoms with van der Waals surface area (Å²) in [6, 6.07) is 3.87. The van der Waals surface area contributed by atoms with Crippen molar-refractivity contribution < 1.29 is 14.2 Å². The molecular formula is C10H12O3. The summed E-state index contributed by atoms with van der Waals surface area (Å²) < 4.78 is 16.1. The molecule has 3 nitrogen and oxygen atoms in total. The molecule has 0 saturated heterocycles. The third-order valence-electron chi connectivity index (χ3n) is 2.06. The summed E-state index contributed by atoms with van der Waals surface area (Å²) in [5, 5.41) is 0. The van der Waals surface area contributed by atoms with Gasteiger partial charge in [0.25, 0.3) is 0 Å². The maximum absolute atomic E-state index is 5.48. The Labute approximate surface area is 77.2 Å². The SMILES string of the molecule is COc1c(C)ccc2c1OCCO2. The fourth-order valence-electron chi connectivity index (χ4n) is 1.44. The molecule has 0 radical (unpaired) electrons. The second-order valence-electron chi connectivity index (χ2n) is 2.94. The molecule has 1 aromatic carbocycles.